The summed E-state index contributed by atoms with van der Waals surface area (Å²) in [7, 11) is 1.89. The third kappa shape index (κ3) is 2.01. The Labute approximate surface area is 129 Å². The molecule has 22 heavy (non-hydrogen) atoms. The molecule has 0 radical (unpaired) electrons. The summed E-state index contributed by atoms with van der Waals surface area (Å²) in [6, 6.07) is 0.320. The zero-order valence-electron chi connectivity index (χ0n) is 13.2. The van der Waals surface area contributed by atoms with Gasteiger partial charge in [-0.2, -0.15) is 5.10 Å². The summed E-state index contributed by atoms with van der Waals surface area (Å²) in [6.07, 6.45) is 3.05. The van der Waals surface area contributed by atoms with Crippen LogP contribution < -0.4 is 5.56 Å². The molecule has 0 amide bonds. The molecule has 118 valence electrons. The number of aromatic nitrogens is 3. The Morgan fingerprint density at radius 2 is 2.09 bits per heavy atom. The van der Waals surface area contributed by atoms with Crippen LogP contribution in [0.15, 0.2) is 4.79 Å². The molecule has 6 heteroatoms. The van der Waals surface area contributed by atoms with Crippen LogP contribution in [0, 0.1) is 6.92 Å². The monoisotopic (exact) mass is 302 g/mol. The Kier molecular flexibility index (Phi) is 3.31. The zero-order chi connectivity index (χ0) is 15.3. The summed E-state index contributed by atoms with van der Waals surface area (Å²) < 4.78 is 7.28. The molecule has 2 aliphatic rings. The highest BCUT2D eigenvalue weighted by Crippen LogP contribution is 2.38. The van der Waals surface area contributed by atoms with Crippen LogP contribution in [0.4, 0.5) is 0 Å². The second kappa shape index (κ2) is 5.21. The van der Waals surface area contributed by atoms with E-state index in [9.17, 15) is 4.79 Å². The Morgan fingerprint density at radius 1 is 1.32 bits per heavy atom. The van der Waals surface area contributed by atoms with E-state index in [-0.39, 0.29) is 5.56 Å². The summed E-state index contributed by atoms with van der Waals surface area (Å²) in [5, 5.41) is 5.67. The lowest BCUT2D eigenvalue weighted by molar-refractivity contribution is 0.0127. The summed E-state index contributed by atoms with van der Waals surface area (Å²) in [5.41, 5.74) is 4.10. The maximum absolute atomic E-state index is 12.5. The van der Waals surface area contributed by atoms with E-state index >= 15 is 0 Å². The lowest BCUT2D eigenvalue weighted by atomic mass is 9.85. The van der Waals surface area contributed by atoms with Gasteiger partial charge in [-0.1, -0.05) is 0 Å². The molecule has 6 nitrogen and oxygen atoms in total. The van der Waals surface area contributed by atoms with Crippen molar-refractivity contribution in [2.45, 2.75) is 32.2 Å². The fraction of sp³-hybridized carbons (Fsp3) is 0.625. The topological polar surface area (TPSA) is 63.2 Å². The van der Waals surface area contributed by atoms with E-state index in [4.69, 9.17) is 4.74 Å². The molecule has 1 aliphatic carbocycles. The van der Waals surface area contributed by atoms with Crippen molar-refractivity contribution in [3.63, 3.8) is 0 Å². The number of pyridine rings is 1. The van der Waals surface area contributed by atoms with Crippen molar-refractivity contribution in [1.82, 2.24) is 19.7 Å². The molecule has 1 atom stereocenters. The quantitative estimate of drug-likeness (QED) is 0.862. The molecule has 1 N–H and O–H groups in total. The van der Waals surface area contributed by atoms with E-state index in [1.54, 1.807) is 4.68 Å². The fourth-order valence-corrected chi connectivity index (χ4v) is 4.07. The molecular weight excluding hydrogens is 280 g/mol. The third-order valence-corrected chi connectivity index (χ3v) is 5.05. The number of H-pyrrole nitrogens is 1. The maximum Gasteiger partial charge on any atom is 0.253 e. The number of ether oxygens (including phenoxy) is 1. The lowest BCUT2D eigenvalue weighted by Gasteiger charge is -2.38. The number of morpholine rings is 1. The van der Waals surface area contributed by atoms with Crippen LogP contribution in [0.2, 0.25) is 0 Å². The average Bonchev–Trinajstić information content (AvgIpc) is 2.82. The lowest BCUT2D eigenvalue weighted by Crippen LogP contribution is -2.41. The van der Waals surface area contributed by atoms with Crippen molar-refractivity contribution in [3.8, 4) is 0 Å². The molecule has 4 rings (SSSR count). The van der Waals surface area contributed by atoms with Crippen molar-refractivity contribution in [1.29, 1.82) is 0 Å². The van der Waals surface area contributed by atoms with E-state index in [1.807, 2.05) is 14.0 Å². The van der Waals surface area contributed by atoms with Crippen molar-refractivity contribution >= 4 is 11.0 Å². The van der Waals surface area contributed by atoms with E-state index in [0.717, 1.165) is 67.9 Å². The Hall–Kier alpha value is -1.66. The predicted molar refractivity (Wildman–Crippen MR) is 84.1 cm³/mol. The highest BCUT2D eigenvalue weighted by Gasteiger charge is 2.32. The molecule has 0 aromatic carbocycles. The van der Waals surface area contributed by atoms with Crippen LogP contribution in [-0.4, -0.2) is 46.0 Å². The van der Waals surface area contributed by atoms with E-state index in [1.165, 1.54) is 5.56 Å². The number of aryl methyl sites for hydroxylation is 2. The molecule has 1 saturated heterocycles. The second-order valence-corrected chi connectivity index (χ2v) is 6.34. The molecule has 3 heterocycles. The number of fused-ring (bicyclic) bond motifs is 3. The number of nitrogens with zero attached hydrogens (tertiary/aromatic N) is 3. The zero-order valence-corrected chi connectivity index (χ0v) is 13.2. The molecule has 2 aromatic rings. The van der Waals surface area contributed by atoms with Crippen LogP contribution in [0.1, 0.15) is 35.7 Å². The molecular formula is C16H22N4O2. The van der Waals surface area contributed by atoms with Gasteiger partial charge in [0.25, 0.3) is 5.56 Å². The summed E-state index contributed by atoms with van der Waals surface area (Å²) in [4.78, 5) is 18.0. The summed E-state index contributed by atoms with van der Waals surface area (Å²) in [5.74, 6) is 0. The van der Waals surface area contributed by atoms with Gasteiger partial charge in [0.1, 0.15) is 5.65 Å². The molecule has 0 spiro atoms. The minimum Gasteiger partial charge on any atom is -0.379 e. The Bertz CT molecular complexity index is 771. The van der Waals surface area contributed by atoms with E-state index in [2.05, 4.69) is 15.0 Å². The van der Waals surface area contributed by atoms with Crippen molar-refractivity contribution < 1.29 is 4.74 Å². The first kappa shape index (κ1) is 14.0. The highest BCUT2D eigenvalue weighted by atomic mass is 16.5. The van der Waals surface area contributed by atoms with Crippen LogP contribution >= 0.6 is 0 Å². The van der Waals surface area contributed by atoms with Crippen molar-refractivity contribution in [2.75, 3.05) is 26.3 Å². The van der Waals surface area contributed by atoms with Gasteiger partial charge in [-0.25, -0.2) is 0 Å². The molecule has 1 aliphatic heterocycles. The minimum absolute atomic E-state index is 0.0588. The van der Waals surface area contributed by atoms with Crippen molar-refractivity contribution in [2.24, 2.45) is 7.05 Å². The van der Waals surface area contributed by atoms with E-state index in [0.29, 0.717) is 6.04 Å². The summed E-state index contributed by atoms with van der Waals surface area (Å²) in [6.45, 7) is 5.48. The first-order valence-electron chi connectivity index (χ1n) is 8.07. The maximum atomic E-state index is 12.5. The molecule has 2 aromatic heterocycles. The van der Waals surface area contributed by atoms with Crippen LogP contribution in [0.25, 0.3) is 11.0 Å². The number of hydrogen-bond donors (Lipinski definition) is 1. The second-order valence-electron chi connectivity index (χ2n) is 6.34. The van der Waals surface area contributed by atoms with Gasteiger partial charge in [0.05, 0.1) is 18.9 Å². The van der Waals surface area contributed by atoms with Gasteiger partial charge in [0.15, 0.2) is 0 Å². The van der Waals surface area contributed by atoms with Crippen molar-refractivity contribution in [3.05, 3.63) is 27.2 Å². The van der Waals surface area contributed by atoms with Crippen LogP contribution in [-0.2, 0) is 18.2 Å². The van der Waals surface area contributed by atoms with Crippen LogP contribution in [0.5, 0.6) is 0 Å². The molecule has 0 saturated carbocycles. The molecule has 1 fully saturated rings. The van der Waals surface area contributed by atoms with Gasteiger partial charge in [0.2, 0.25) is 0 Å². The van der Waals surface area contributed by atoms with Gasteiger partial charge in [0, 0.05) is 37.1 Å². The first-order chi connectivity index (χ1) is 10.7. The normalized spacial score (nSPS) is 22.9. The van der Waals surface area contributed by atoms with Gasteiger partial charge < -0.3 is 9.72 Å². The molecule has 0 bridgehead atoms. The number of rotatable bonds is 1. The van der Waals surface area contributed by atoms with Gasteiger partial charge in [-0.15, -0.1) is 0 Å². The predicted octanol–water partition coefficient (Wildman–Crippen LogP) is 1.28. The number of nitrogens with one attached hydrogen (secondary N) is 1. The minimum atomic E-state index is 0.0588. The van der Waals surface area contributed by atoms with E-state index < -0.39 is 0 Å². The number of hydrogen-bond acceptors (Lipinski definition) is 4. The Balaban J connectivity index is 1.95. The standard InChI is InChI=1S/C16H22N4O2/c1-10-13-14-11(16(21)17-15(13)19(2)18-10)4-3-5-12(14)20-6-8-22-9-7-20/h12H,3-9H2,1-2H3,(H,17,21). The highest BCUT2D eigenvalue weighted by molar-refractivity contribution is 5.83. The van der Waals surface area contributed by atoms with Gasteiger partial charge >= 0.3 is 0 Å². The largest absolute Gasteiger partial charge is 0.379 e. The third-order valence-electron chi connectivity index (χ3n) is 5.05. The SMILES string of the molecule is Cc1nn(C)c2[nH]c(=O)c3c(c12)C(N1CCOCC1)CCC3. The first-order valence-corrected chi connectivity index (χ1v) is 8.07. The van der Waals surface area contributed by atoms with Gasteiger partial charge in [-0.05, 0) is 31.7 Å². The molecule has 1 unspecified atom stereocenters. The smallest absolute Gasteiger partial charge is 0.253 e. The number of aromatic amines is 1. The van der Waals surface area contributed by atoms with Gasteiger partial charge in [-0.3, -0.25) is 14.4 Å². The summed E-state index contributed by atoms with van der Waals surface area (Å²) >= 11 is 0. The average molecular weight is 302 g/mol. The van der Waals surface area contributed by atoms with Crippen LogP contribution in [0.3, 0.4) is 0 Å². The fourth-order valence-electron chi connectivity index (χ4n) is 4.07. The Morgan fingerprint density at radius 3 is 2.86 bits per heavy atom.